The van der Waals surface area contributed by atoms with Gasteiger partial charge >= 0.3 is 6.18 Å². The molecule has 1 unspecified atom stereocenters. The normalized spacial score (nSPS) is 18.7. The lowest BCUT2D eigenvalue weighted by Gasteiger charge is -2.37. The lowest BCUT2D eigenvalue weighted by Crippen LogP contribution is -2.51. The third kappa shape index (κ3) is 7.66. The molecule has 10 heteroatoms. The molecular weight excluding hydrogens is 533 g/mol. The molecule has 2 fully saturated rings. The molecule has 2 aromatic rings. The second-order valence-electron chi connectivity index (χ2n) is 11.2. The predicted molar refractivity (Wildman–Crippen MR) is 149 cm³/mol. The topological polar surface area (TPSA) is 96.7 Å². The first-order valence-corrected chi connectivity index (χ1v) is 14.2. The molecule has 1 heterocycles. The van der Waals surface area contributed by atoms with E-state index < -0.39 is 28.8 Å². The molecule has 2 amide bonds. The maximum absolute atomic E-state index is 13.6. The Bertz CT molecular complexity index is 1290. The van der Waals surface area contributed by atoms with E-state index in [0.29, 0.717) is 25.9 Å². The van der Waals surface area contributed by atoms with Crippen molar-refractivity contribution in [3.05, 3.63) is 64.7 Å². The highest BCUT2D eigenvalue weighted by atomic mass is 19.4. The lowest BCUT2D eigenvalue weighted by atomic mass is 9.73. The Morgan fingerprint density at radius 3 is 2.41 bits per heavy atom. The predicted octanol–water partition coefficient (Wildman–Crippen LogP) is 5.12. The van der Waals surface area contributed by atoms with Crippen molar-refractivity contribution in [2.75, 3.05) is 31.5 Å². The molecule has 1 atom stereocenters. The van der Waals surface area contributed by atoms with Gasteiger partial charge in [0.05, 0.1) is 17.2 Å². The van der Waals surface area contributed by atoms with Crippen molar-refractivity contribution in [2.24, 2.45) is 5.92 Å². The van der Waals surface area contributed by atoms with Gasteiger partial charge in [-0.05, 0) is 54.5 Å². The number of carbonyl (C=O) groups is 2. The lowest BCUT2D eigenvalue weighted by molar-refractivity contribution is -0.142. The summed E-state index contributed by atoms with van der Waals surface area (Å²) in [5, 5.41) is 23.6. The van der Waals surface area contributed by atoms with Gasteiger partial charge in [0.15, 0.2) is 0 Å². The Hall–Kier alpha value is -3.42. The summed E-state index contributed by atoms with van der Waals surface area (Å²) in [4.78, 5) is 29.5. The average Bonchev–Trinajstić information content (AvgIpc) is 3.19. The van der Waals surface area contributed by atoms with Crippen molar-refractivity contribution in [2.45, 2.75) is 70.2 Å². The summed E-state index contributed by atoms with van der Waals surface area (Å²) in [6.07, 6.45) is 0.165. The number of anilines is 1. The Kier molecular flexibility index (Phi) is 9.72. The Morgan fingerprint density at radius 1 is 1.00 bits per heavy atom. The van der Waals surface area contributed by atoms with Gasteiger partial charge in [-0.15, -0.1) is 0 Å². The summed E-state index contributed by atoms with van der Waals surface area (Å²) in [5.74, 6) is -1.02. The number of nitrogens with one attached hydrogen (secondary N) is 1. The van der Waals surface area contributed by atoms with E-state index in [9.17, 15) is 27.9 Å². The van der Waals surface area contributed by atoms with Gasteiger partial charge in [0, 0.05) is 51.8 Å². The maximum atomic E-state index is 13.6. The first kappa shape index (κ1) is 30.5. The van der Waals surface area contributed by atoms with Crippen molar-refractivity contribution in [1.29, 1.82) is 5.26 Å². The van der Waals surface area contributed by atoms with E-state index in [2.05, 4.69) is 10.2 Å². The van der Waals surface area contributed by atoms with Crippen LogP contribution in [0.1, 0.15) is 67.7 Å². The Labute approximate surface area is 238 Å². The molecule has 2 aliphatic rings. The minimum absolute atomic E-state index is 0.0257. The van der Waals surface area contributed by atoms with Gasteiger partial charge in [0.2, 0.25) is 5.91 Å². The molecule has 2 N–H and O–H groups in total. The summed E-state index contributed by atoms with van der Waals surface area (Å²) in [5.41, 5.74) is -1.82. The summed E-state index contributed by atoms with van der Waals surface area (Å²) in [6, 6.07) is 12.3. The van der Waals surface area contributed by atoms with Gasteiger partial charge in [-0.1, -0.05) is 43.5 Å². The number of benzene rings is 2. The number of hydrogen-bond acceptors (Lipinski definition) is 5. The van der Waals surface area contributed by atoms with Crippen LogP contribution in [0.2, 0.25) is 0 Å². The number of alkyl halides is 3. The molecule has 0 spiro atoms. The second kappa shape index (κ2) is 13.0. The highest BCUT2D eigenvalue weighted by Crippen LogP contribution is 2.37. The highest BCUT2D eigenvalue weighted by molar-refractivity contribution is 5.97. The van der Waals surface area contributed by atoms with Crippen molar-refractivity contribution in [3.63, 3.8) is 0 Å². The quantitative estimate of drug-likeness (QED) is 0.482. The van der Waals surface area contributed by atoms with Crippen LogP contribution >= 0.6 is 0 Å². The monoisotopic (exact) mass is 570 g/mol. The molecule has 4 rings (SSSR count). The summed E-state index contributed by atoms with van der Waals surface area (Å²) >= 11 is 0. The fraction of sp³-hybridized carbons (Fsp3) is 0.516. The zero-order valence-corrected chi connectivity index (χ0v) is 23.3. The van der Waals surface area contributed by atoms with Gasteiger partial charge < -0.3 is 15.3 Å². The number of hydrogen-bond donors (Lipinski definition) is 2. The summed E-state index contributed by atoms with van der Waals surface area (Å²) in [7, 11) is 0. The zero-order chi connectivity index (χ0) is 29.6. The SMILES string of the molecule is CC(=O)N1CCCN(Cc2cccc(CC(O)(C(=O)Nc3ccc(C#N)c(C(F)(F)F)c3)C3CCCCC3)c2)CC1. The fourth-order valence-corrected chi connectivity index (χ4v) is 6.03. The van der Waals surface area contributed by atoms with E-state index in [-0.39, 0.29) is 23.9 Å². The molecule has 41 heavy (non-hydrogen) atoms. The molecule has 1 aliphatic heterocycles. The average molecular weight is 571 g/mol. The minimum Gasteiger partial charge on any atom is -0.379 e. The third-order valence-corrected chi connectivity index (χ3v) is 8.28. The van der Waals surface area contributed by atoms with E-state index in [1.165, 1.54) is 12.1 Å². The Balaban J connectivity index is 1.54. The molecule has 0 bridgehead atoms. The molecule has 2 aromatic carbocycles. The van der Waals surface area contributed by atoms with Crippen LogP contribution in [0.4, 0.5) is 18.9 Å². The molecule has 0 aromatic heterocycles. The fourth-order valence-electron chi connectivity index (χ4n) is 6.03. The van der Waals surface area contributed by atoms with Crippen LogP contribution in [0.3, 0.4) is 0 Å². The first-order valence-electron chi connectivity index (χ1n) is 14.2. The Morgan fingerprint density at radius 2 is 1.73 bits per heavy atom. The number of carbonyl (C=O) groups excluding carboxylic acids is 2. The van der Waals surface area contributed by atoms with Crippen molar-refractivity contribution in [1.82, 2.24) is 9.80 Å². The van der Waals surface area contributed by atoms with Gasteiger partial charge in [0.1, 0.15) is 5.60 Å². The number of nitriles is 1. The van der Waals surface area contributed by atoms with E-state index in [4.69, 9.17) is 5.26 Å². The summed E-state index contributed by atoms with van der Waals surface area (Å²) in [6.45, 7) is 5.26. The van der Waals surface area contributed by atoms with Crippen LogP contribution in [-0.2, 0) is 28.7 Å². The molecule has 220 valence electrons. The van der Waals surface area contributed by atoms with Gasteiger partial charge in [-0.3, -0.25) is 14.5 Å². The van der Waals surface area contributed by atoms with Crippen LogP contribution in [0.25, 0.3) is 0 Å². The van der Waals surface area contributed by atoms with Crippen LogP contribution in [-0.4, -0.2) is 58.5 Å². The van der Waals surface area contributed by atoms with Crippen LogP contribution in [0, 0.1) is 17.2 Å². The number of aliphatic hydroxyl groups is 1. The molecule has 1 saturated carbocycles. The zero-order valence-electron chi connectivity index (χ0n) is 23.3. The number of amides is 2. The van der Waals surface area contributed by atoms with E-state index in [1.54, 1.807) is 6.92 Å². The van der Waals surface area contributed by atoms with Crippen LogP contribution < -0.4 is 5.32 Å². The highest BCUT2D eigenvalue weighted by Gasteiger charge is 2.44. The number of halogens is 3. The molecular formula is C31H37F3N4O3. The van der Waals surface area contributed by atoms with E-state index in [1.807, 2.05) is 29.2 Å². The smallest absolute Gasteiger partial charge is 0.379 e. The molecule has 1 aliphatic carbocycles. The van der Waals surface area contributed by atoms with Crippen LogP contribution in [0.5, 0.6) is 0 Å². The molecule has 0 radical (unpaired) electrons. The molecule has 1 saturated heterocycles. The van der Waals surface area contributed by atoms with E-state index >= 15 is 0 Å². The van der Waals surface area contributed by atoms with Crippen molar-refractivity contribution >= 4 is 17.5 Å². The summed E-state index contributed by atoms with van der Waals surface area (Å²) < 4.78 is 40.5. The third-order valence-electron chi connectivity index (χ3n) is 8.28. The largest absolute Gasteiger partial charge is 0.417 e. The standard InChI is InChI=1S/C31H37F3N4O3/c1-22(39)38-14-6-13-37(15-16-38)21-24-8-5-7-23(17-24)19-30(41,26-9-3-2-4-10-26)29(40)36-27-12-11-25(20-35)28(18-27)31(32,33)34/h5,7-8,11-12,17-18,26,41H,2-4,6,9-10,13-16,19,21H2,1H3,(H,36,40). The van der Waals surface area contributed by atoms with Gasteiger partial charge in [0.25, 0.3) is 5.91 Å². The maximum Gasteiger partial charge on any atom is 0.417 e. The second-order valence-corrected chi connectivity index (χ2v) is 11.2. The van der Waals surface area contributed by atoms with Crippen molar-refractivity contribution < 1.29 is 27.9 Å². The minimum atomic E-state index is -4.76. The first-order chi connectivity index (χ1) is 19.5. The van der Waals surface area contributed by atoms with E-state index in [0.717, 1.165) is 68.6 Å². The number of nitrogens with zero attached hydrogens (tertiary/aromatic N) is 3. The van der Waals surface area contributed by atoms with Crippen LogP contribution in [0.15, 0.2) is 42.5 Å². The molecule has 7 nitrogen and oxygen atoms in total. The van der Waals surface area contributed by atoms with Crippen molar-refractivity contribution in [3.8, 4) is 6.07 Å². The van der Waals surface area contributed by atoms with Gasteiger partial charge in [-0.2, -0.15) is 18.4 Å². The van der Waals surface area contributed by atoms with Gasteiger partial charge in [-0.25, -0.2) is 0 Å². The number of rotatable bonds is 7.